The third-order valence-electron chi connectivity index (χ3n) is 2.59. The molecule has 0 aromatic rings. The molecule has 1 heterocycles. The predicted molar refractivity (Wildman–Crippen MR) is 59.5 cm³/mol. The smallest absolute Gasteiger partial charge is 0.222 e. The topological polar surface area (TPSA) is 40.5 Å². The fraction of sp³-hybridized carbons (Fsp3) is 0.900. The first kappa shape index (κ1) is 12.0. The van der Waals surface area contributed by atoms with Crippen LogP contribution in [0.2, 0.25) is 0 Å². The number of carbonyl (C=O) groups excluding carboxylic acids is 1. The van der Waals surface area contributed by atoms with Gasteiger partial charge in [-0.3, -0.25) is 4.79 Å². The Morgan fingerprint density at radius 2 is 2.00 bits per heavy atom. The van der Waals surface area contributed by atoms with Crippen LogP contribution in [0.25, 0.3) is 0 Å². The van der Waals surface area contributed by atoms with Crippen molar-refractivity contribution in [1.29, 1.82) is 0 Å². The van der Waals surface area contributed by atoms with E-state index in [1.165, 1.54) is 0 Å². The lowest BCUT2D eigenvalue weighted by atomic mass is 10.1. The summed E-state index contributed by atoms with van der Waals surface area (Å²) in [5.74, 6) is 0.248. The number of halogens is 1. The molecule has 0 atom stereocenters. The van der Waals surface area contributed by atoms with Crippen molar-refractivity contribution >= 4 is 21.8 Å². The van der Waals surface area contributed by atoms with E-state index in [0.29, 0.717) is 6.42 Å². The second-order valence-electron chi connectivity index (χ2n) is 3.76. The van der Waals surface area contributed by atoms with Gasteiger partial charge in [-0.15, -0.1) is 0 Å². The Morgan fingerprint density at radius 1 is 1.36 bits per heavy atom. The van der Waals surface area contributed by atoms with Crippen LogP contribution in [0.15, 0.2) is 0 Å². The lowest BCUT2D eigenvalue weighted by molar-refractivity contribution is -0.133. The van der Waals surface area contributed by atoms with Gasteiger partial charge >= 0.3 is 0 Å². The van der Waals surface area contributed by atoms with Crippen molar-refractivity contribution in [1.82, 2.24) is 4.90 Å². The van der Waals surface area contributed by atoms with Crippen LogP contribution in [-0.4, -0.2) is 40.4 Å². The van der Waals surface area contributed by atoms with Gasteiger partial charge in [0.25, 0.3) is 0 Å². The van der Waals surface area contributed by atoms with E-state index in [1.807, 2.05) is 4.90 Å². The van der Waals surface area contributed by atoms with Crippen LogP contribution in [0.1, 0.15) is 32.1 Å². The van der Waals surface area contributed by atoms with Gasteiger partial charge in [0.15, 0.2) is 0 Å². The largest absolute Gasteiger partial charge is 0.393 e. The number of nitrogens with zero attached hydrogens (tertiary/aromatic N) is 1. The van der Waals surface area contributed by atoms with Crippen LogP contribution in [-0.2, 0) is 4.79 Å². The second kappa shape index (κ2) is 6.40. The molecule has 0 bridgehead atoms. The molecule has 4 heteroatoms. The first-order valence-corrected chi connectivity index (χ1v) is 6.38. The molecule has 1 aliphatic heterocycles. The van der Waals surface area contributed by atoms with Gasteiger partial charge in [-0.05, 0) is 25.7 Å². The van der Waals surface area contributed by atoms with E-state index in [0.717, 1.165) is 44.1 Å². The molecule has 0 aliphatic carbocycles. The third-order valence-corrected chi connectivity index (χ3v) is 3.15. The Hall–Kier alpha value is -0.0900. The molecule has 1 N–H and O–H groups in total. The van der Waals surface area contributed by atoms with E-state index in [2.05, 4.69) is 15.9 Å². The zero-order valence-electron chi connectivity index (χ0n) is 8.41. The molecule has 0 spiro atoms. The van der Waals surface area contributed by atoms with Crippen LogP contribution >= 0.6 is 15.9 Å². The maximum atomic E-state index is 11.6. The quantitative estimate of drug-likeness (QED) is 0.618. The summed E-state index contributed by atoms with van der Waals surface area (Å²) in [5, 5.41) is 10.2. The highest BCUT2D eigenvalue weighted by molar-refractivity contribution is 9.09. The molecule has 0 saturated carbocycles. The van der Waals surface area contributed by atoms with Gasteiger partial charge in [0.05, 0.1) is 6.10 Å². The van der Waals surface area contributed by atoms with E-state index in [9.17, 15) is 9.90 Å². The number of aliphatic hydroxyl groups excluding tert-OH is 1. The minimum Gasteiger partial charge on any atom is -0.393 e. The summed E-state index contributed by atoms with van der Waals surface area (Å²) in [6.45, 7) is 1.46. The first-order chi connectivity index (χ1) is 6.74. The zero-order chi connectivity index (χ0) is 10.4. The van der Waals surface area contributed by atoms with Gasteiger partial charge in [-0.25, -0.2) is 0 Å². The average Bonchev–Trinajstić information content (AvgIpc) is 2.19. The van der Waals surface area contributed by atoms with E-state index in [1.54, 1.807) is 0 Å². The van der Waals surface area contributed by atoms with Gasteiger partial charge in [0.1, 0.15) is 0 Å². The Kier molecular flexibility index (Phi) is 5.48. The molecule has 1 fully saturated rings. The third kappa shape index (κ3) is 3.96. The lowest BCUT2D eigenvalue weighted by Crippen LogP contribution is -2.39. The molecule has 1 saturated heterocycles. The monoisotopic (exact) mass is 263 g/mol. The van der Waals surface area contributed by atoms with Crippen LogP contribution in [0, 0.1) is 0 Å². The van der Waals surface area contributed by atoms with E-state index in [4.69, 9.17) is 0 Å². The molecule has 1 rings (SSSR count). The summed E-state index contributed by atoms with van der Waals surface area (Å²) in [5.41, 5.74) is 0. The summed E-state index contributed by atoms with van der Waals surface area (Å²) in [4.78, 5) is 13.5. The maximum Gasteiger partial charge on any atom is 0.222 e. The van der Waals surface area contributed by atoms with Gasteiger partial charge in [-0.1, -0.05) is 15.9 Å². The fourth-order valence-corrected chi connectivity index (χ4v) is 2.04. The summed E-state index contributed by atoms with van der Waals surface area (Å²) < 4.78 is 0. The van der Waals surface area contributed by atoms with Gasteiger partial charge in [0.2, 0.25) is 5.91 Å². The summed E-state index contributed by atoms with van der Waals surface area (Å²) in [6.07, 6.45) is 3.96. The van der Waals surface area contributed by atoms with Crippen molar-refractivity contribution in [2.75, 3.05) is 18.4 Å². The summed E-state index contributed by atoms with van der Waals surface area (Å²) in [7, 11) is 0. The van der Waals surface area contributed by atoms with Gasteiger partial charge in [0, 0.05) is 24.8 Å². The molecule has 3 nitrogen and oxygen atoms in total. The normalized spacial score (nSPS) is 18.6. The predicted octanol–water partition coefficient (Wildman–Crippen LogP) is 1.53. The maximum absolute atomic E-state index is 11.6. The Bertz CT molecular complexity index is 179. The van der Waals surface area contributed by atoms with Crippen LogP contribution < -0.4 is 0 Å². The number of alkyl halides is 1. The van der Waals surface area contributed by atoms with E-state index >= 15 is 0 Å². The fourth-order valence-electron chi connectivity index (χ4n) is 1.64. The van der Waals surface area contributed by atoms with Crippen molar-refractivity contribution in [3.63, 3.8) is 0 Å². The number of piperidine rings is 1. The number of hydrogen-bond acceptors (Lipinski definition) is 2. The number of hydrogen-bond donors (Lipinski definition) is 1. The molecule has 14 heavy (non-hydrogen) atoms. The summed E-state index contributed by atoms with van der Waals surface area (Å²) in [6, 6.07) is 0. The zero-order valence-corrected chi connectivity index (χ0v) is 10.0. The molecule has 0 aromatic carbocycles. The first-order valence-electron chi connectivity index (χ1n) is 5.26. The number of unbranched alkanes of at least 4 members (excludes halogenated alkanes) is 1. The number of carbonyl (C=O) groups is 1. The number of likely N-dealkylation sites (tertiary alicyclic amines) is 1. The lowest BCUT2D eigenvalue weighted by Gasteiger charge is -2.29. The molecule has 1 aliphatic rings. The molecule has 1 amide bonds. The van der Waals surface area contributed by atoms with Gasteiger partial charge < -0.3 is 10.0 Å². The highest BCUT2D eigenvalue weighted by Crippen LogP contribution is 2.12. The van der Waals surface area contributed by atoms with Gasteiger partial charge in [-0.2, -0.15) is 0 Å². The molecule has 82 valence electrons. The number of amides is 1. The van der Waals surface area contributed by atoms with E-state index in [-0.39, 0.29) is 12.0 Å². The van der Waals surface area contributed by atoms with Crippen molar-refractivity contribution in [3.05, 3.63) is 0 Å². The minimum absolute atomic E-state index is 0.193. The highest BCUT2D eigenvalue weighted by atomic mass is 79.9. The highest BCUT2D eigenvalue weighted by Gasteiger charge is 2.20. The molecular formula is C10H18BrNO2. The van der Waals surface area contributed by atoms with Crippen LogP contribution in [0.3, 0.4) is 0 Å². The number of aliphatic hydroxyl groups is 1. The van der Waals surface area contributed by atoms with Crippen molar-refractivity contribution in [3.8, 4) is 0 Å². The SMILES string of the molecule is O=C(CCCCBr)N1CCC(O)CC1. The minimum atomic E-state index is -0.193. The number of rotatable bonds is 4. The van der Waals surface area contributed by atoms with Crippen molar-refractivity contribution in [2.24, 2.45) is 0 Å². The second-order valence-corrected chi connectivity index (χ2v) is 4.55. The standard InChI is InChI=1S/C10H18BrNO2/c11-6-2-1-3-10(14)12-7-4-9(13)5-8-12/h9,13H,1-8H2. The molecule has 0 aromatic heterocycles. The Labute approximate surface area is 93.6 Å². The Morgan fingerprint density at radius 3 is 2.57 bits per heavy atom. The molecular weight excluding hydrogens is 246 g/mol. The van der Waals surface area contributed by atoms with E-state index < -0.39 is 0 Å². The molecule has 0 unspecified atom stereocenters. The average molecular weight is 264 g/mol. The van der Waals surface area contributed by atoms with Crippen molar-refractivity contribution in [2.45, 2.75) is 38.2 Å². The molecule has 0 radical (unpaired) electrons. The van der Waals surface area contributed by atoms with Crippen LogP contribution in [0.5, 0.6) is 0 Å². The summed E-state index contributed by atoms with van der Waals surface area (Å²) >= 11 is 3.35. The van der Waals surface area contributed by atoms with Crippen LogP contribution in [0.4, 0.5) is 0 Å². The Balaban J connectivity index is 2.17. The van der Waals surface area contributed by atoms with Crippen molar-refractivity contribution < 1.29 is 9.90 Å².